The van der Waals surface area contributed by atoms with Gasteiger partial charge in [0.05, 0.1) is 21.7 Å². The van der Waals surface area contributed by atoms with E-state index >= 15 is 0 Å². The lowest BCUT2D eigenvalue weighted by Gasteiger charge is -2.14. The van der Waals surface area contributed by atoms with Crippen LogP contribution in [0.3, 0.4) is 0 Å². The highest BCUT2D eigenvalue weighted by Gasteiger charge is 2.39. The summed E-state index contributed by atoms with van der Waals surface area (Å²) in [7, 11) is 0. The second-order valence-corrected chi connectivity index (χ2v) is 6.98. The molecule has 144 valence electrons. The lowest BCUT2D eigenvalue weighted by atomic mass is 9.90. The van der Waals surface area contributed by atoms with Crippen molar-refractivity contribution in [1.82, 2.24) is 0 Å². The molecule has 0 spiro atoms. The van der Waals surface area contributed by atoms with Crippen LogP contribution in [-0.2, 0) is 0 Å². The van der Waals surface area contributed by atoms with Crippen LogP contribution in [0.4, 0.5) is 11.4 Å². The number of anilines is 1. The van der Waals surface area contributed by atoms with Crippen molar-refractivity contribution in [3.8, 4) is 11.1 Å². The van der Waals surface area contributed by atoms with E-state index in [1.54, 1.807) is 6.07 Å². The average Bonchev–Trinajstić information content (AvgIpc) is 3.02. The number of benzene rings is 4. The number of nitrogens with zero attached hydrogens (tertiary/aromatic N) is 2. The van der Waals surface area contributed by atoms with Crippen LogP contribution in [0.25, 0.3) is 21.9 Å². The summed E-state index contributed by atoms with van der Waals surface area (Å²) in [6.07, 6.45) is 0. The molecule has 2 amide bonds. The minimum absolute atomic E-state index is 0.105. The molecule has 1 aliphatic rings. The molecule has 0 atom stereocenters. The standard InChI is InChI=1S/C24H14N2O4/c27-23-20-14-16-8-4-5-9-19(16)21(15-6-2-1-3-7-15)22(20)24(28)25(23)17-10-12-18(13-11-17)26(29)30/h1-14H. The number of nitro benzene ring substituents is 1. The Labute approximate surface area is 171 Å². The monoisotopic (exact) mass is 394 g/mol. The van der Waals surface area contributed by atoms with Gasteiger partial charge in [-0.05, 0) is 34.5 Å². The maximum Gasteiger partial charge on any atom is 0.269 e. The third-order valence-corrected chi connectivity index (χ3v) is 5.28. The van der Waals surface area contributed by atoms with Crippen LogP contribution in [-0.4, -0.2) is 16.7 Å². The van der Waals surface area contributed by atoms with E-state index in [1.165, 1.54) is 24.3 Å². The van der Waals surface area contributed by atoms with E-state index in [0.29, 0.717) is 22.4 Å². The van der Waals surface area contributed by atoms with Crippen molar-refractivity contribution >= 4 is 34.0 Å². The largest absolute Gasteiger partial charge is 0.269 e. The summed E-state index contributed by atoms with van der Waals surface area (Å²) in [5.41, 5.74) is 2.43. The van der Waals surface area contributed by atoms with Crippen molar-refractivity contribution in [1.29, 1.82) is 0 Å². The predicted molar refractivity (Wildman–Crippen MR) is 114 cm³/mol. The minimum atomic E-state index is -0.521. The lowest BCUT2D eigenvalue weighted by molar-refractivity contribution is -0.384. The third-order valence-electron chi connectivity index (χ3n) is 5.28. The van der Waals surface area contributed by atoms with Gasteiger partial charge in [0.15, 0.2) is 0 Å². The van der Waals surface area contributed by atoms with Gasteiger partial charge in [0, 0.05) is 17.7 Å². The molecule has 6 nitrogen and oxygen atoms in total. The Morgan fingerprint density at radius 1 is 0.733 bits per heavy atom. The lowest BCUT2D eigenvalue weighted by Crippen LogP contribution is -2.29. The molecule has 4 aromatic carbocycles. The fourth-order valence-corrected chi connectivity index (χ4v) is 3.93. The first-order valence-electron chi connectivity index (χ1n) is 9.30. The number of hydrogen-bond donors (Lipinski definition) is 0. The van der Waals surface area contributed by atoms with Gasteiger partial charge < -0.3 is 0 Å². The number of amides is 2. The Bertz CT molecular complexity index is 1350. The van der Waals surface area contributed by atoms with E-state index in [0.717, 1.165) is 21.2 Å². The zero-order valence-electron chi connectivity index (χ0n) is 15.6. The number of carbonyl (C=O) groups excluding carboxylic acids is 2. The molecule has 0 N–H and O–H groups in total. The maximum absolute atomic E-state index is 13.4. The van der Waals surface area contributed by atoms with Gasteiger partial charge in [0.2, 0.25) is 0 Å². The van der Waals surface area contributed by atoms with E-state index in [1.807, 2.05) is 54.6 Å². The molecule has 6 heteroatoms. The zero-order valence-corrected chi connectivity index (χ0v) is 15.6. The van der Waals surface area contributed by atoms with Gasteiger partial charge in [-0.15, -0.1) is 0 Å². The van der Waals surface area contributed by atoms with Crippen molar-refractivity contribution in [2.24, 2.45) is 0 Å². The summed E-state index contributed by atoms with van der Waals surface area (Å²) >= 11 is 0. The third kappa shape index (κ3) is 2.58. The molecule has 5 rings (SSSR count). The molecule has 0 unspecified atom stereocenters. The summed E-state index contributed by atoms with van der Waals surface area (Å²) in [5.74, 6) is -0.875. The van der Waals surface area contributed by atoms with Crippen LogP contribution >= 0.6 is 0 Å². The molecule has 1 heterocycles. The number of fused-ring (bicyclic) bond motifs is 2. The number of non-ortho nitro benzene ring substituents is 1. The summed E-state index contributed by atoms with van der Waals surface area (Å²) in [4.78, 5) is 38.2. The second kappa shape index (κ2) is 6.63. The Balaban J connectivity index is 1.74. The number of rotatable bonds is 3. The smallest absolute Gasteiger partial charge is 0.268 e. The quantitative estimate of drug-likeness (QED) is 0.271. The summed E-state index contributed by atoms with van der Waals surface area (Å²) < 4.78 is 0. The normalized spacial score (nSPS) is 13.0. The van der Waals surface area contributed by atoms with Gasteiger partial charge in [0.1, 0.15) is 0 Å². The molecule has 0 bridgehead atoms. The van der Waals surface area contributed by atoms with Crippen LogP contribution in [0.5, 0.6) is 0 Å². The SMILES string of the molecule is O=C1c2cc3ccccc3c(-c3ccccc3)c2C(=O)N1c1ccc([N+](=O)[O-])cc1. The fraction of sp³-hybridized carbons (Fsp3) is 0. The predicted octanol–water partition coefficient (Wildman–Crippen LogP) is 5.22. The van der Waals surface area contributed by atoms with Gasteiger partial charge >= 0.3 is 0 Å². The van der Waals surface area contributed by atoms with Gasteiger partial charge in [0.25, 0.3) is 17.5 Å². The molecule has 0 fully saturated rings. The van der Waals surface area contributed by atoms with Crippen molar-refractivity contribution < 1.29 is 14.5 Å². The first-order valence-corrected chi connectivity index (χ1v) is 9.30. The highest BCUT2D eigenvalue weighted by Crippen LogP contribution is 2.40. The van der Waals surface area contributed by atoms with Crippen LogP contribution < -0.4 is 4.90 Å². The van der Waals surface area contributed by atoms with Gasteiger partial charge in [-0.2, -0.15) is 0 Å². The number of carbonyl (C=O) groups is 2. The average molecular weight is 394 g/mol. The van der Waals surface area contributed by atoms with Crippen molar-refractivity contribution in [2.45, 2.75) is 0 Å². The summed E-state index contributed by atoms with van der Waals surface area (Å²) in [5, 5.41) is 12.7. The molecule has 0 saturated carbocycles. The van der Waals surface area contributed by atoms with E-state index in [4.69, 9.17) is 0 Å². The minimum Gasteiger partial charge on any atom is -0.268 e. The van der Waals surface area contributed by atoms with E-state index in [-0.39, 0.29) is 5.69 Å². The van der Waals surface area contributed by atoms with E-state index < -0.39 is 16.7 Å². The molecule has 0 saturated heterocycles. The van der Waals surface area contributed by atoms with E-state index in [2.05, 4.69) is 0 Å². The first-order chi connectivity index (χ1) is 14.6. The molecule has 30 heavy (non-hydrogen) atoms. The molecule has 4 aromatic rings. The van der Waals surface area contributed by atoms with Gasteiger partial charge in [-0.1, -0.05) is 54.6 Å². The molecule has 1 aliphatic heterocycles. The number of imide groups is 1. The van der Waals surface area contributed by atoms with Crippen molar-refractivity contribution in [2.75, 3.05) is 4.90 Å². The molecular weight excluding hydrogens is 380 g/mol. The van der Waals surface area contributed by atoms with Crippen LogP contribution in [0.1, 0.15) is 20.7 Å². The fourth-order valence-electron chi connectivity index (χ4n) is 3.93. The molecule has 0 aliphatic carbocycles. The van der Waals surface area contributed by atoms with Crippen molar-refractivity contribution in [3.63, 3.8) is 0 Å². The Morgan fingerprint density at radius 2 is 1.40 bits per heavy atom. The van der Waals surface area contributed by atoms with Gasteiger partial charge in [-0.25, -0.2) is 4.90 Å². The topological polar surface area (TPSA) is 80.5 Å². The Hall–Kier alpha value is -4.32. The first kappa shape index (κ1) is 17.8. The zero-order chi connectivity index (χ0) is 20.8. The van der Waals surface area contributed by atoms with Crippen molar-refractivity contribution in [3.05, 3.63) is 106 Å². The van der Waals surface area contributed by atoms with Crippen LogP contribution in [0.2, 0.25) is 0 Å². The highest BCUT2D eigenvalue weighted by atomic mass is 16.6. The maximum atomic E-state index is 13.4. The second-order valence-electron chi connectivity index (χ2n) is 6.98. The molecule has 0 aromatic heterocycles. The van der Waals surface area contributed by atoms with Crippen LogP contribution in [0.15, 0.2) is 84.9 Å². The summed E-state index contributed by atoms with van der Waals surface area (Å²) in [6, 6.07) is 24.3. The van der Waals surface area contributed by atoms with Gasteiger partial charge in [-0.3, -0.25) is 19.7 Å². The Morgan fingerprint density at radius 3 is 2.10 bits per heavy atom. The highest BCUT2D eigenvalue weighted by molar-refractivity contribution is 6.37. The van der Waals surface area contributed by atoms with Crippen LogP contribution in [0, 0.1) is 10.1 Å². The molecular formula is C24H14N2O4. The molecule has 0 radical (unpaired) electrons. The summed E-state index contributed by atoms with van der Waals surface area (Å²) in [6.45, 7) is 0. The number of nitro groups is 1. The Kier molecular flexibility index (Phi) is 3.93. The number of hydrogen-bond acceptors (Lipinski definition) is 4. The van der Waals surface area contributed by atoms with E-state index in [9.17, 15) is 19.7 Å².